The van der Waals surface area contributed by atoms with E-state index in [2.05, 4.69) is 0 Å². The summed E-state index contributed by atoms with van der Waals surface area (Å²) in [6, 6.07) is 3.22. The lowest BCUT2D eigenvalue weighted by molar-refractivity contribution is -0.136. The van der Waals surface area contributed by atoms with Crippen molar-refractivity contribution in [1.82, 2.24) is 0 Å². The van der Waals surface area contributed by atoms with Gasteiger partial charge in [-0.2, -0.15) is 0 Å². The first-order valence-electron chi connectivity index (χ1n) is 5.15. The summed E-state index contributed by atoms with van der Waals surface area (Å²) in [6.07, 6.45) is 0.965. The summed E-state index contributed by atoms with van der Waals surface area (Å²) in [5.41, 5.74) is 1.46. The molecule has 0 aliphatic carbocycles. The van der Waals surface area contributed by atoms with Gasteiger partial charge >= 0.3 is 5.97 Å². The Labute approximate surface area is 93.9 Å². The number of ether oxygens (including phenoxy) is 1. The zero-order chi connectivity index (χ0) is 12.1. The molecule has 0 saturated heterocycles. The minimum absolute atomic E-state index is 0.0248. The maximum Gasteiger partial charge on any atom is 0.303 e. The van der Waals surface area contributed by atoms with E-state index in [-0.39, 0.29) is 18.6 Å². The average Bonchev–Trinajstić information content (AvgIpc) is 2.25. The number of rotatable bonds is 5. The van der Waals surface area contributed by atoms with E-state index in [0.717, 1.165) is 5.56 Å². The highest BCUT2D eigenvalue weighted by Crippen LogP contribution is 2.25. The highest BCUT2D eigenvalue weighted by molar-refractivity contribution is 5.67. The van der Waals surface area contributed by atoms with Crippen LogP contribution in [0, 0.1) is 5.82 Å². The second kappa shape index (κ2) is 5.49. The molecule has 4 heteroatoms. The number of benzene rings is 1. The molecule has 0 saturated carbocycles. The molecular formula is C12H15FO3. The van der Waals surface area contributed by atoms with Crippen LogP contribution in [0.2, 0.25) is 0 Å². The molecule has 0 aliphatic heterocycles. The van der Waals surface area contributed by atoms with Crippen LogP contribution in [0.15, 0.2) is 12.1 Å². The van der Waals surface area contributed by atoms with E-state index in [9.17, 15) is 9.18 Å². The third kappa shape index (κ3) is 2.95. The van der Waals surface area contributed by atoms with Gasteiger partial charge in [0.05, 0.1) is 7.11 Å². The number of carboxylic acid groups (broad SMARTS) is 1. The standard InChI is InChI=1S/C12H15FO3/c1-3-8-6-9(4-5-11(14)15)12(16-2)10(13)7-8/h6-7H,3-5H2,1-2H3,(H,14,15). The highest BCUT2D eigenvalue weighted by Gasteiger charge is 2.12. The van der Waals surface area contributed by atoms with Gasteiger partial charge in [0.15, 0.2) is 11.6 Å². The Bertz CT molecular complexity index is 388. The first kappa shape index (κ1) is 12.5. The van der Waals surface area contributed by atoms with Crippen LogP contribution < -0.4 is 4.74 Å². The van der Waals surface area contributed by atoms with Crippen molar-refractivity contribution in [2.24, 2.45) is 0 Å². The van der Waals surface area contributed by atoms with Crippen molar-refractivity contribution in [3.8, 4) is 5.75 Å². The Balaban J connectivity index is 3.02. The zero-order valence-corrected chi connectivity index (χ0v) is 9.42. The van der Waals surface area contributed by atoms with Gasteiger partial charge in [0, 0.05) is 6.42 Å². The van der Waals surface area contributed by atoms with Crippen LogP contribution in [0.3, 0.4) is 0 Å². The van der Waals surface area contributed by atoms with Crippen molar-refractivity contribution < 1.29 is 19.0 Å². The van der Waals surface area contributed by atoms with Crippen LogP contribution in [0.5, 0.6) is 5.75 Å². The predicted molar refractivity (Wildman–Crippen MR) is 58.3 cm³/mol. The molecule has 0 unspecified atom stereocenters. The summed E-state index contributed by atoms with van der Waals surface area (Å²) in [7, 11) is 1.38. The van der Waals surface area contributed by atoms with Crippen LogP contribution >= 0.6 is 0 Å². The maximum absolute atomic E-state index is 13.5. The van der Waals surface area contributed by atoms with Gasteiger partial charge in [0.2, 0.25) is 0 Å². The van der Waals surface area contributed by atoms with Crippen molar-refractivity contribution >= 4 is 5.97 Å². The van der Waals surface area contributed by atoms with E-state index >= 15 is 0 Å². The number of carboxylic acids is 1. The monoisotopic (exact) mass is 226 g/mol. The number of hydrogen-bond donors (Lipinski definition) is 1. The first-order valence-corrected chi connectivity index (χ1v) is 5.15. The molecule has 3 nitrogen and oxygen atoms in total. The number of carbonyl (C=O) groups is 1. The van der Waals surface area contributed by atoms with Crippen LogP contribution in [-0.2, 0) is 17.6 Å². The summed E-state index contributed by atoms with van der Waals surface area (Å²) in [5, 5.41) is 8.60. The molecule has 1 N–H and O–H groups in total. The van der Waals surface area contributed by atoms with Crippen molar-refractivity contribution in [3.63, 3.8) is 0 Å². The summed E-state index contributed by atoms with van der Waals surface area (Å²) in [5.74, 6) is -1.18. The molecular weight excluding hydrogens is 211 g/mol. The van der Waals surface area contributed by atoms with Crippen molar-refractivity contribution in [3.05, 3.63) is 29.1 Å². The third-order valence-corrected chi connectivity index (χ3v) is 2.40. The van der Waals surface area contributed by atoms with Crippen LogP contribution in [0.25, 0.3) is 0 Å². The van der Waals surface area contributed by atoms with Crippen molar-refractivity contribution in [2.75, 3.05) is 7.11 Å². The number of hydrogen-bond acceptors (Lipinski definition) is 2. The lowest BCUT2D eigenvalue weighted by atomic mass is 10.0. The third-order valence-electron chi connectivity index (χ3n) is 2.40. The van der Waals surface area contributed by atoms with E-state index in [0.29, 0.717) is 12.0 Å². The molecule has 1 aromatic carbocycles. The summed E-state index contributed by atoms with van der Waals surface area (Å²) < 4.78 is 18.5. The fourth-order valence-electron chi connectivity index (χ4n) is 1.57. The minimum Gasteiger partial charge on any atom is -0.493 e. The van der Waals surface area contributed by atoms with Gasteiger partial charge in [-0.3, -0.25) is 4.79 Å². The number of aryl methyl sites for hydroxylation is 2. The van der Waals surface area contributed by atoms with Crippen LogP contribution in [0.1, 0.15) is 24.5 Å². The summed E-state index contributed by atoms with van der Waals surface area (Å²) >= 11 is 0. The molecule has 0 bridgehead atoms. The SMILES string of the molecule is CCc1cc(F)c(OC)c(CCC(=O)O)c1. The van der Waals surface area contributed by atoms with E-state index in [4.69, 9.17) is 9.84 Å². The van der Waals surface area contributed by atoms with E-state index in [1.807, 2.05) is 6.92 Å². The Hall–Kier alpha value is -1.58. The largest absolute Gasteiger partial charge is 0.493 e. The molecule has 1 aromatic rings. The lowest BCUT2D eigenvalue weighted by Gasteiger charge is -2.10. The molecule has 0 aliphatic rings. The first-order chi connectivity index (χ1) is 7.58. The van der Waals surface area contributed by atoms with Gasteiger partial charge in [0.1, 0.15) is 0 Å². The summed E-state index contributed by atoms with van der Waals surface area (Å²) in [4.78, 5) is 10.5. The number of halogens is 1. The predicted octanol–water partition coefficient (Wildman–Crippen LogP) is 2.41. The molecule has 0 atom stereocenters. The van der Waals surface area contributed by atoms with Crippen molar-refractivity contribution in [2.45, 2.75) is 26.2 Å². The van der Waals surface area contributed by atoms with Gasteiger partial charge in [0.25, 0.3) is 0 Å². The smallest absolute Gasteiger partial charge is 0.303 e. The maximum atomic E-state index is 13.5. The Morgan fingerprint density at radius 3 is 2.69 bits per heavy atom. The molecule has 1 rings (SSSR count). The second-order valence-electron chi connectivity index (χ2n) is 3.52. The summed E-state index contributed by atoms with van der Waals surface area (Å²) in [6.45, 7) is 1.92. The van der Waals surface area contributed by atoms with Gasteiger partial charge < -0.3 is 9.84 Å². The molecule has 0 fully saturated rings. The average molecular weight is 226 g/mol. The van der Waals surface area contributed by atoms with Gasteiger partial charge in [-0.1, -0.05) is 13.0 Å². The Kier molecular flexibility index (Phi) is 4.28. The highest BCUT2D eigenvalue weighted by atomic mass is 19.1. The molecule has 0 radical (unpaired) electrons. The number of aliphatic carboxylic acids is 1. The van der Waals surface area contributed by atoms with Gasteiger partial charge in [-0.15, -0.1) is 0 Å². The van der Waals surface area contributed by atoms with E-state index in [1.165, 1.54) is 13.2 Å². The van der Waals surface area contributed by atoms with Crippen LogP contribution in [-0.4, -0.2) is 18.2 Å². The van der Waals surface area contributed by atoms with Crippen LogP contribution in [0.4, 0.5) is 4.39 Å². The normalized spacial score (nSPS) is 10.2. The Morgan fingerprint density at radius 2 is 2.19 bits per heavy atom. The minimum atomic E-state index is -0.899. The van der Waals surface area contributed by atoms with Gasteiger partial charge in [-0.05, 0) is 30.0 Å². The molecule has 16 heavy (non-hydrogen) atoms. The molecule has 0 aromatic heterocycles. The molecule has 0 spiro atoms. The topological polar surface area (TPSA) is 46.5 Å². The molecule has 0 heterocycles. The lowest BCUT2D eigenvalue weighted by Crippen LogP contribution is -2.02. The molecule has 88 valence electrons. The van der Waals surface area contributed by atoms with E-state index in [1.54, 1.807) is 6.07 Å². The quantitative estimate of drug-likeness (QED) is 0.838. The Morgan fingerprint density at radius 1 is 1.50 bits per heavy atom. The fourth-order valence-corrected chi connectivity index (χ4v) is 1.57. The molecule has 0 amide bonds. The zero-order valence-electron chi connectivity index (χ0n) is 9.42. The fraction of sp³-hybridized carbons (Fsp3) is 0.417. The van der Waals surface area contributed by atoms with Crippen molar-refractivity contribution in [1.29, 1.82) is 0 Å². The van der Waals surface area contributed by atoms with Gasteiger partial charge in [-0.25, -0.2) is 4.39 Å². The van der Waals surface area contributed by atoms with E-state index < -0.39 is 11.8 Å². The number of methoxy groups -OCH3 is 1. The second-order valence-corrected chi connectivity index (χ2v) is 3.52.